The number of para-hydroxylation sites is 1. The molecule has 1 aliphatic rings. The van der Waals surface area contributed by atoms with Gasteiger partial charge in [-0.25, -0.2) is 4.79 Å². The Labute approximate surface area is 258 Å². The summed E-state index contributed by atoms with van der Waals surface area (Å²) in [5.74, 6) is -0.901. The van der Waals surface area contributed by atoms with Crippen LogP contribution in [0.2, 0.25) is 10.0 Å². The van der Waals surface area contributed by atoms with Crippen molar-refractivity contribution in [3.63, 3.8) is 0 Å². The predicted octanol–water partition coefficient (Wildman–Crippen LogP) is 6.60. The lowest BCUT2D eigenvalue weighted by molar-refractivity contribution is 0.0697. The lowest BCUT2D eigenvalue weighted by Gasteiger charge is -2.34. The molecule has 0 saturated carbocycles. The molecule has 10 heteroatoms. The van der Waals surface area contributed by atoms with Crippen LogP contribution in [0, 0.1) is 0 Å². The number of hydrogen-bond donors (Lipinski definition) is 1. The number of aromatic nitrogens is 1. The van der Waals surface area contributed by atoms with Gasteiger partial charge in [-0.3, -0.25) is 14.7 Å². The third-order valence-electron chi connectivity index (χ3n) is 7.65. The Morgan fingerprint density at radius 1 is 0.930 bits per heavy atom. The highest BCUT2D eigenvalue weighted by atomic mass is 35.5. The third-order valence-corrected chi connectivity index (χ3v) is 8.39. The monoisotopic (exact) mass is 617 g/mol. The fourth-order valence-electron chi connectivity index (χ4n) is 5.33. The number of aromatic carboxylic acids is 1. The van der Waals surface area contributed by atoms with Crippen molar-refractivity contribution in [1.29, 1.82) is 0 Å². The summed E-state index contributed by atoms with van der Waals surface area (Å²) in [7, 11) is 0. The highest BCUT2D eigenvalue weighted by molar-refractivity contribution is 6.42. The van der Waals surface area contributed by atoms with Gasteiger partial charge in [-0.1, -0.05) is 47.5 Å². The molecule has 1 aliphatic heterocycles. The molecule has 0 radical (unpaired) electrons. The van der Waals surface area contributed by atoms with E-state index in [0.29, 0.717) is 22.0 Å². The molecule has 1 fully saturated rings. The van der Waals surface area contributed by atoms with E-state index in [2.05, 4.69) is 28.0 Å². The fraction of sp³-hybridized carbons (Fsp3) is 0.242. The summed E-state index contributed by atoms with van der Waals surface area (Å²) >= 11 is 12.4. The van der Waals surface area contributed by atoms with Crippen LogP contribution in [0.5, 0.6) is 5.75 Å². The van der Waals surface area contributed by atoms with Crippen molar-refractivity contribution in [3.8, 4) is 17.1 Å². The Bertz CT molecular complexity index is 1870. The van der Waals surface area contributed by atoms with Crippen molar-refractivity contribution in [2.75, 3.05) is 39.3 Å². The van der Waals surface area contributed by atoms with Crippen molar-refractivity contribution in [2.45, 2.75) is 13.0 Å². The van der Waals surface area contributed by atoms with E-state index < -0.39 is 11.4 Å². The van der Waals surface area contributed by atoms with E-state index in [1.54, 1.807) is 18.2 Å². The predicted molar refractivity (Wildman–Crippen MR) is 168 cm³/mol. The van der Waals surface area contributed by atoms with Crippen LogP contribution in [0.3, 0.4) is 0 Å². The van der Waals surface area contributed by atoms with E-state index >= 15 is 0 Å². The molecule has 43 heavy (non-hydrogen) atoms. The van der Waals surface area contributed by atoms with Crippen molar-refractivity contribution in [3.05, 3.63) is 104 Å². The average molecular weight is 619 g/mol. The van der Waals surface area contributed by atoms with Crippen molar-refractivity contribution in [2.24, 2.45) is 0 Å². The van der Waals surface area contributed by atoms with Crippen molar-refractivity contribution >= 4 is 51.0 Å². The SMILES string of the molecule is O=C(O)c1ccc2oc(-c3ccc(Cl)c(Cl)c3)c(OCCCN3CCN(Cc4ccc5ccccc5n4)CC3)c(=O)c2c1. The number of halogens is 2. The Morgan fingerprint density at radius 3 is 2.51 bits per heavy atom. The number of carboxylic acid groups (broad SMARTS) is 1. The highest BCUT2D eigenvalue weighted by Crippen LogP contribution is 2.35. The Kier molecular flexibility index (Phi) is 8.63. The molecule has 6 rings (SSSR count). The smallest absolute Gasteiger partial charge is 0.335 e. The normalized spacial score (nSPS) is 14.4. The molecule has 0 amide bonds. The van der Waals surface area contributed by atoms with Crippen LogP contribution >= 0.6 is 23.2 Å². The van der Waals surface area contributed by atoms with E-state index in [1.165, 1.54) is 18.2 Å². The number of ether oxygens (including phenoxy) is 1. The molecule has 0 atom stereocenters. The zero-order valence-electron chi connectivity index (χ0n) is 23.3. The summed E-state index contributed by atoms with van der Waals surface area (Å²) < 4.78 is 12.1. The Hall–Kier alpha value is -3.95. The van der Waals surface area contributed by atoms with Gasteiger partial charge in [0, 0.05) is 50.2 Å². The van der Waals surface area contributed by atoms with Crippen molar-refractivity contribution < 1.29 is 19.1 Å². The summed E-state index contributed by atoms with van der Waals surface area (Å²) in [5, 5.41) is 11.4. The number of benzene rings is 3. The van der Waals surface area contributed by atoms with Gasteiger partial charge in [-0.15, -0.1) is 0 Å². The standard InChI is InChI=1S/C33H29Cl2N3O5/c34-26-10-7-22(19-27(26)35)31-32(30(39)25-18-23(33(40)41)8-11-29(25)43-31)42-17-3-12-37-13-15-38(16-14-37)20-24-9-6-21-4-1-2-5-28(21)36-24/h1-2,4-11,18-19H,3,12-17,20H2,(H,40,41). The quantitative estimate of drug-likeness (QED) is 0.185. The van der Waals surface area contributed by atoms with Crippen LogP contribution in [0.25, 0.3) is 33.2 Å². The van der Waals surface area contributed by atoms with Crippen molar-refractivity contribution in [1.82, 2.24) is 14.8 Å². The number of piperazine rings is 1. The molecule has 1 saturated heterocycles. The van der Waals surface area contributed by atoms with E-state index in [4.69, 9.17) is 37.3 Å². The van der Waals surface area contributed by atoms with E-state index in [-0.39, 0.29) is 34.6 Å². The molecule has 1 N–H and O–H groups in total. The number of hydrogen-bond acceptors (Lipinski definition) is 7. The van der Waals surface area contributed by atoms with E-state index in [9.17, 15) is 14.7 Å². The molecule has 0 unspecified atom stereocenters. The second-order valence-electron chi connectivity index (χ2n) is 10.5. The minimum absolute atomic E-state index is 0.0106. The lowest BCUT2D eigenvalue weighted by Crippen LogP contribution is -2.46. The summed E-state index contributed by atoms with van der Waals surface area (Å²) in [6, 6.07) is 21.5. The molecule has 220 valence electrons. The highest BCUT2D eigenvalue weighted by Gasteiger charge is 2.21. The maximum absolute atomic E-state index is 13.5. The topological polar surface area (TPSA) is 96.1 Å². The molecular formula is C33H29Cl2N3O5. The largest absolute Gasteiger partial charge is 0.486 e. The zero-order chi connectivity index (χ0) is 29.9. The molecule has 2 aromatic heterocycles. The van der Waals surface area contributed by atoms with Gasteiger partial charge in [-0.05, 0) is 55.0 Å². The van der Waals surface area contributed by atoms with Gasteiger partial charge in [0.1, 0.15) is 5.58 Å². The van der Waals surface area contributed by atoms with E-state index in [0.717, 1.165) is 55.9 Å². The molecule has 3 heterocycles. The maximum Gasteiger partial charge on any atom is 0.335 e. The van der Waals surface area contributed by atoms with Crippen LogP contribution in [0.4, 0.5) is 0 Å². The molecule has 8 nitrogen and oxygen atoms in total. The maximum atomic E-state index is 13.5. The molecule has 5 aromatic rings. The van der Waals surface area contributed by atoms with Crippen LogP contribution in [0.1, 0.15) is 22.5 Å². The fourth-order valence-corrected chi connectivity index (χ4v) is 5.63. The summed E-state index contributed by atoms with van der Waals surface area (Å²) in [5.41, 5.74) is 2.42. The van der Waals surface area contributed by atoms with Crippen LogP contribution in [0.15, 0.2) is 82.0 Å². The van der Waals surface area contributed by atoms with Crippen LogP contribution in [-0.2, 0) is 6.54 Å². The first-order chi connectivity index (χ1) is 20.9. The van der Waals surface area contributed by atoms with Gasteiger partial charge in [0.25, 0.3) is 0 Å². The summed E-state index contributed by atoms with van der Waals surface area (Å²) in [6.07, 6.45) is 0.694. The van der Waals surface area contributed by atoms with Gasteiger partial charge in [0.2, 0.25) is 11.2 Å². The number of carbonyl (C=O) groups is 1. The van der Waals surface area contributed by atoms with Crippen LogP contribution < -0.4 is 10.2 Å². The third kappa shape index (κ3) is 6.53. The number of fused-ring (bicyclic) bond motifs is 2. The summed E-state index contributed by atoms with van der Waals surface area (Å²) in [4.78, 5) is 34.7. The second kappa shape index (κ2) is 12.7. The zero-order valence-corrected chi connectivity index (χ0v) is 24.8. The minimum atomic E-state index is -1.13. The number of pyridine rings is 1. The minimum Gasteiger partial charge on any atom is -0.486 e. The van der Waals surface area contributed by atoms with Gasteiger partial charge in [0.05, 0.1) is 38.8 Å². The van der Waals surface area contributed by atoms with Gasteiger partial charge in [0.15, 0.2) is 5.76 Å². The van der Waals surface area contributed by atoms with Gasteiger partial charge in [-0.2, -0.15) is 0 Å². The number of nitrogens with zero attached hydrogens (tertiary/aromatic N) is 3. The second-order valence-corrected chi connectivity index (χ2v) is 11.4. The number of rotatable bonds is 9. The molecular weight excluding hydrogens is 589 g/mol. The first-order valence-corrected chi connectivity index (χ1v) is 14.8. The molecule has 3 aromatic carbocycles. The first kappa shape index (κ1) is 29.1. The first-order valence-electron chi connectivity index (χ1n) is 14.1. The number of carboxylic acids is 1. The molecule has 0 spiro atoms. The average Bonchev–Trinajstić information content (AvgIpc) is 3.02. The van der Waals surface area contributed by atoms with Gasteiger partial charge >= 0.3 is 5.97 Å². The van der Waals surface area contributed by atoms with Crippen LogP contribution in [-0.4, -0.2) is 65.2 Å². The van der Waals surface area contributed by atoms with Gasteiger partial charge < -0.3 is 19.2 Å². The Balaban J connectivity index is 1.10. The molecule has 0 aliphatic carbocycles. The lowest BCUT2D eigenvalue weighted by atomic mass is 10.1. The molecule has 0 bridgehead atoms. The van der Waals surface area contributed by atoms with E-state index in [1.807, 2.05) is 18.2 Å². The Morgan fingerprint density at radius 2 is 1.72 bits per heavy atom. The summed E-state index contributed by atoms with van der Waals surface area (Å²) in [6.45, 7) is 5.65.